The Hall–Kier alpha value is -1.10. The highest BCUT2D eigenvalue weighted by Gasteiger charge is 2.49. The van der Waals surface area contributed by atoms with Crippen LogP contribution in [0.3, 0.4) is 0 Å². The van der Waals surface area contributed by atoms with Crippen LogP contribution in [0.2, 0.25) is 0 Å². The Labute approximate surface area is 80.7 Å². The van der Waals surface area contributed by atoms with E-state index in [2.05, 4.69) is 4.74 Å². The summed E-state index contributed by atoms with van der Waals surface area (Å²) in [4.78, 5) is 21.5. The molecule has 2 aliphatic carbocycles. The Bertz CT molecular complexity index is 274. The Morgan fingerprint density at radius 1 is 1.43 bits per heavy atom. The number of Topliss-reactive ketones (excluding diaryl/α,β-unsaturated/α-hetero) is 1. The summed E-state index contributed by atoms with van der Waals surface area (Å²) in [7, 11) is 0. The van der Waals surface area contributed by atoms with Crippen molar-refractivity contribution < 1.29 is 24.5 Å². The van der Waals surface area contributed by atoms with Gasteiger partial charge in [0.2, 0.25) is 0 Å². The standard InChI is InChI=1S/C9H12O5/c10-5-1-4-2-7(11)8(6(4)3-5)14-9(12)13/h4,6-8,11H,1-3H2,(H,12,13). The molecule has 4 atom stereocenters. The summed E-state index contributed by atoms with van der Waals surface area (Å²) in [5.41, 5.74) is 0. The van der Waals surface area contributed by atoms with E-state index in [1.807, 2.05) is 0 Å². The van der Waals surface area contributed by atoms with Crippen LogP contribution in [0, 0.1) is 11.8 Å². The Morgan fingerprint density at radius 2 is 2.14 bits per heavy atom. The number of ketones is 1. The fourth-order valence-electron chi connectivity index (χ4n) is 2.61. The summed E-state index contributed by atoms with van der Waals surface area (Å²) < 4.78 is 4.60. The van der Waals surface area contributed by atoms with Gasteiger partial charge in [-0.2, -0.15) is 0 Å². The van der Waals surface area contributed by atoms with Crippen molar-refractivity contribution in [3.63, 3.8) is 0 Å². The van der Waals surface area contributed by atoms with Gasteiger partial charge < -0.3 is 14.9 Å². The molecule has 2 saturated carbocycles. The molecule has 5 heteroatoms. The molecule has 4 unspecified atom stereocenters. The highest BCUT2D eigenvalue weighted by molar-refractivity contribution is 5.81. The fraction of sp³-hybridized carbons (Fsp3) is 0.778. The third-order valence-corrected chi connectivity index (χ3v) is 3.14. The first-order valence-corrected chi connectivity index (χ1v) is 4.67. The van der Waals surface area contributed by atoms with Gasteiger partial charge in [0.15, 0.2) is 0 Å². The van der Waals surface area contributed by atoms with E-state index in [0.29, 0.717) is 19.3 Å². The Morgan fingerprint density at radius 3 is 2.79 bits per heavy atom. The quantitative estimate of drug-likeness (QED) is 0.599. The van der Waals surface area contributed by atoms with Crippen molar-refractivity contribution in [3.05, 3.63) is 0 Å². The van der Waals surface area contributed by atoms with E-state index in [9.17, 15) is 14.7 Å². The monoisotopic (exact) mass is 200 g/mol. The number of carbonyl (C=O) groups excluding carboxylic acids is 1. The Kier molecular flexibility index (Phi) is 2.19. The minimum absolute atomic E-state index is 0.103. The molecular formula is C9H12O5. The summed E-state index contributed by atoms with van der Waals surface area (Å²) >= 11 is 0. The molecule has 2 aliphatic rings. The van der Waals surface area contributed by atoms with Gasteiger partial charge in [-0.3, -0.25) is 4.79 Å². The predicted octanol–water partition coefficient (Wildman–Crippen LogP) is 0.409. The molecule has 2 fully saturated rings. The SMILES string of the molecule is O=C1CC2CC(O)C(OC(=O)O)C2C1. The molecule has 0 aromatic carbocycles. The number of carboxylic acid groups (broad SMARTS) is 1. The Balaban J connectivity index is 2.08. The lowest BCUT2D eigenvalue weighted by Crippen LogP contribution is -2.31. The minimum atomic E-state index is -1.38. The third-order valence-electron chi connectivity index (χ3n) is 3.14. The minimum Gasteiger partial charge on any atom is -0.450 e. The van der Waals surface area contributed by atoms with Gasteiger partial charge in [-0.15, -0.1) is 0 Å². The second-order valence-corrected chi connectivity index (χ2v) is 4.02. The van der Waals surface area contributed by atoms with E-state index in [0.717, 1.165) is 0 Å². The van der Waals surface area contributed by atoms with Gasteiger partial charge in [0.05, 0.1) is 6.10 Å². The van der Waals surface area contributed by atoms with Crippen LogP contribution < -0.4 is 0 Å². The number of hydrogen-bond acceptors (Lipinski definition) is 4. The number of ether oxygens (including phenoxy) is 1. The molecule has 0 bridgehead atoms. The maximum atomic E-state index is 11.1. The van der Waals surface area contributed by atoms with Crippen LogP contribution in [0.25, 0.3) is 0 Å². The zero-order valence-electron chi connectivity index (χ0n) is 7.55. The average Bonchev–Trinajstić information content (AvgIpc) is 2.51. The molecule has 2 N–H and O–H groups in total. The van der Waals surface area contributed by atoms with Crippen LogP contribution in [-0.4, -0.2) is 34.4 Å². The summed E-state index contributed by atoms with van der Waals surface area (Å²) in [5, 5.41) is 18.0. The van der Waals surface area contributed by atoms with Crippen LogP contribution in [-0.2, 0) is 9.53 Å². The summed E-state index contributed by atoms with van der Waals surface area (Å²) in [6.07, 6.45) is -1.54. The molecule has 14 heavy (non-hydrogen) atoms. The van der Waals surface area contributed by atoms with Crippen molar-refractivity contribution in [1.82, 2.24) is 0 Å². The number of aliphatic hydroxyl groups is 1. The molecule has 0 aromatic rings. The number of carbonyl (C=O) groups is 2. The molecule has 2 rings (SSSR count). The molecule has 0 aliphatic heterocycles. The number of hydrogen-bond donors (Lipinski definition) is 2. The van der Waals surface area contributed by atoms with Crippen LogP contribution in [0.15, 0.2) is 0 Å². The highest BCUT2D eigenvalue weighted by atomic mass is 16.7. The van der Waals surface area contributed by atoms with E-state index < -0.39 is 18.4 Å². The highest BCUT2D eigenvalue weighted by Crippen LogP contribution is 2.43. The lowest BCUT2D eigenvalue weighted by molar-refractivity contribution is -0.118. The summed E-state index contributed by atoms with van der Waals surface area (Å²) in [5.74, 6) is 0.154. The normalized spacial score (nSPS) is 41.1. The molecule has 0 amide bonds. The molecule has 5 nitrogen and oxygen atoms in total. The zero-order chi connectivity index (χ0) is 10.3. The molecule has 0 aromatic heterocycles. The third kappa shape index (κ3) is 1.48. The average molecular weight is 200 g/mol. The van der Waals surface area contributed by atoms with E-state index in [1.54, 1.807) is 0 Å². The van der Waals surface area contributed by atoms with Crippen LogP contribution in [0.5, 0.6) is 0 Å². The van der Waals surface area contributed by atoms with Crippen molar-refractivity contribution >= 4 is 11.9 Å². The number of aliphatic hydroxyl groups excluding tert-OH is 1. The first kappa shape index (κ1) is 9.45. The van der Waals surface area contributed by atoms with Crippen molar-refractivity contribution in [2.75, 3.05) is 0 Å². The van der Waals surface area contributed by atoms with Gasteiger partial charge in [0.1, 0.15) is 11.9 Å². The second-order valence-electron chi connectivity index (χ2n) is 4.02. The van der Waals surface area contributed by atoms with Crippen molar-refractivity contribution in [2.45, 2.75) is 31.5 Å². The van der Waals surface area contributed by atoms with Crippen molar-refractivity contribution in [3.8, 4) is 0 Å². The summed E-state index contributed by atoms with van der Waals surface area (Å²) in [6, 6.07) is 0. The smallest absolute Gasteiger partial charge is 0.450 e. The second kappa shape index (κ2) is 3.24. The maximum absolute atomic E-state index is 11.1. The van der Waals surface area contributed by atoms with Gasteiger partial charge >= 0.3 is 6.16 Å². The molecule has 0 radical (unpaired) electrons. The zero-order valence-corrected chi connectivity index (χ0v) is 7.55. The predicted molar refractivity (Wildman–Crippen MR) is 44.7 cm³/mol. The summed E-state index contributed by atoms with van der Waals surface area (Å²) in [6.45, 7) is 0. The largest absolute Gasteiger partial charge is 0.506 e. The maximum Gasteiger partial charge on any atom is 0.506 e. The molecule has 0 spiro atoms. The first-order chi connectivity index (χ1) is 6.58. The van der Waals surface area contributed by atoms with E-state index >= 15 is 0 Å². The lowest BCUT2D eigenvalue weighted by atomic mass is 9.99. The topological polar surface area (TPSA) is 83.8 Å². The first-order valence-electron chi connectivity index (χ1n) is 4.67. The van der Waals surface area contributed by atoms with Crippen LogP contribution in [0.1, 0.15) is 19.3 Å². The fourth-order valence-corrected chi connectivity index (χ4v) is 2.61. The molecule has 78 valence electrons. The van der Waals surface area contributed by atoms with Crippen LogP contribution in [0.4, 0.5) is 4.79 Å². The van der Waals surface area contributed by atoms with E-state index in [1.165, 1.54) is 0 Å². The molecule has 0 heterocycles. The van der Waals surface area contributed by atoms with Gasteiger partial charge in [0.25, 0.3) is 0 Å². The van der Waals surface area contributed by atoms with Gasteiger partial charge in [-0.05, 0) is 12.3 Å². The van der Waals surface area contributed by atoms with Gasteiger partial charge in [-0.1, -0.05) is 0 Å². The molecular weight excluding hydrogens is 188 g/mol. The van der Waals surface area contributed by atoms with Gasteiger partial charge in [0, 0.05) is 18.8 Å². The van der Waals surface area contributed by atoms with Gasteiger partial charge in [-0.25, -0.2) is 4.79 Å². The molecule has 0 saturated heterocycles. The number of rotatable bonds is 1. The van der Waals surface area contributed by atoms with Crippen molar-refractivity contribution in [2.24, 2.45) is 11.8 Å². The lowest BCUT2D eigenvalue weighted by Gasteiger charge is -2.18. The van der Waals surface area contributed by atoms with Crippen LogP contribution >= 0.6 is 0 Å². The van der Waals surface area contributed by atoms with Crippen molar-refractivity contribution in [1.29, 1.82) is 0 Å². The van der Waals surface area contributed by atoms with E-state index in [4.69, 9.17) is 5.11 Å². The number of fused-ring (bicyclic) bond motifs is 1. The van der Waals surface area contributed by atoms with E-state index in [-0.39, 0.29) is 17.6 Å².